The van der Waals surface area contributed by atoms with E-state index in [2.05, 4.69) is 6.92 Å². The highest BCUT2D eigenvalue weighted by Gasteiger charge is 1.99. The van der Waals surface area contributed by atoms with Crippen LogP contribution >= 0.6 is 11.3 Å². The number of furan rings is 1. The van der Waals surface area contributed by atoms with Crippen molar-refractivity contribution in [1.29, 1.82) is 0 Å². The van der Waals surface area contributed by atoms with Crippen LogP contribution in [-0.2, 0) is 0 Å². The highest BCUT2D eigenvalue weighted by molar-refractivity contribution is 7.17. The van der Waals surface area contributed by atoms with Gasteiger partial charge in [0.2, 0.25) is 0 Å². The van der Waals surface area contributed by atoms with Crippen LogP contribution in [0.15, 0.2) is 22.1 Å². The smallest absolute Gasteiger partial charge is 0.144 e. The lowest BCUT2D eigenvalue weighted by atomic mass is 10.4. The fourth-order valence-corrected chi connectivity index (χ4v) is 1.68. The maximum Gasteiger partial charge on any atom is 0.144 e. The van der Waals surface area contributed by atoms with Crippen molar-refractivity contribution >= 4 is 21.6 Å². The van der Waals surface area contributed by atoms with Crippen LogP contribution in [0.4, 0.5) is 0 Å². The standard InChI is InChI=1S/C7H6OS/c1-5-4-8-6-2-3-9-7(5)6/h2-4H,1H3. The van der Waals surface area contributed by atoms with E-state index >= 15 is 0 Å². The summed E-state index contributed by atoms with van der Waals surface area (Å²) >= 11 is 1.73. The van der Waals surface area contributed by atoms with E-state index in [1.807, 2.05) is 11.4 Å². The SMILES string of the molecule is Cc1coc2ccsc12. The van der Waals surface area contributed by atoms with Crippen molar-refractivity contribution in [3.63, 3.8) is 0 Å². The third-order valence-electron chi connectivity index (χ3n) is 1.35. The van der Waals surface area contributed by atoms with Gasteiger partial charge in [0.05, 0.1) is 11.0 Å². The van der Waals surface area contributed by atoms with Gasteiger partial charge in [-0.05, 0) is 18.4 Å². The second kappa shape index (κ2) is 1.61. The Morgan fingerprint density at radius 1 is 1.56 bits per heavy atom. The Bertz CT molecular complexity index is 318. The monoisotopic (exact) mass is 138 g/mol. The molecule has 0 aliphatic rings. The molecule has 0 radical (unpaired) electrons. The molecule has 0 aromatic carbocycles. The number of hydrogen-bond acceptors (Lipinski definition) is 2. The van der Waals surface area contributed by atoms with Gasteiger partial charge in [-0.25, -0.2) is 0 Å². The van der Waals surface area contributed by atoms with E-state index in [0.717, 1.165) is 5.58 Å². The Morgan fingerprint density at radius 2 is 2.44 bits per heavy atom. The van der Waals surface area contributed by atoms with Gasteiger partial charge in [0.1, 0.15) is 5.58 Å². The van der Waals surface area contributed by atoms with Crippen LogP contribution in [-0.4, -0.2) is 0 Å². The van der Waals surface area contributed by atoms with Gasteiger partial charge >= 0.3 is 0 Å². The van der Waals surface area contributed by atoms with E-state index < -0.39 is 0 Å². The molecular formula is C7H6OS. The van der Waals surface area contributed by atoms with Crippen LogP contribution in [0.25, 0.3) is 10.3 Å². The summed E-state index contributed by atoms with van der Waals surface area (Å²) in [5.74, 6) is 0. The summed E-state index contributed by atoms with van der Waals surface area (Å²) < 4.78 is 6.47. The average molecular weight is 138 g/mol. The minimum Gasteiger partial charge on any atom is -0.463 e. The first-order valence-electron chi connectivity index (χ1n) is 2.79. The molecule has 0 unspecified atom stereocenters. The molecule has 2 heteroatoms. The molecule has 46 valence electrons. The van der Waals surface area contributed by atoms with E-state index in [1.54, 1.807) is 17.6 Å². The van der Waals surface area contributed by atoms with E-state index in [1.165, 1.54) is 10.3 Å². The molecule has 0 bridgehead atoms. The highest BCUT2D eigenvalue weighted by atomic mass is 32.1. The Morgan fingerprint density at radius 3 is 3.22 bits per heavy atom. The largest absolute Gasteiger partial charge is 0.463 e. The summed E-state index contributed by atoms with van der Waals surface area (Å²) in [6.45, 7) is 2.06. The van der Waals surface area contributed by atoms with Crippen LogP contribution < -0.4 is 0 Å². The Balaban J connectivity index is 2.99. The zero-order valence-electron chi connectivity index (χ0n) is 5.05. The predicted molar refractivity (Wildman–Crippen MR) is 38.8 cm³/mol. The van der Waals surface area contributed by atoms with Crippen LogP contribution in [0.3, 0.4) is 0 Å². The van der Waals surface area contributed by atoms with Crippen molar-refractivity contribution in [3.05, 3.63) is 23.3 Å². The molecule has 0 N–H and O–H groups in total. The molecule has 0 amide bonds. The predicted octanol–water partition coefficient (Wildman–Crippen LogP) is 2.80. The first-order chi connectivity index (χ1) is 4.38. The minimum absolute atomic E-state index is 1.01. The summed E-state index contributed by atoms with van der Waals surface area (Å²) in [4.78, 5) is 0. The number of hydrogen-bond donors (Lipinski definition) is 0. The second-order valence-electron chi connectivity index (χ2n) is 2.03. The average Bonchev–Trinajstić information content (AvgIpc) is 2.35. The van der Waals surface area contributed by atoms with Crippen molar-refractivity contribution in [1.82, 2.24) is 0 Å². The quantitative estimate of drug-likeness (QED) is 0.545. The Hall–Kier alpha value is -0.760. The summed E-state index contributed by atoms with van der Waals surface area (Å²) in [6.07, 6.45) is 1.79. The lowest BCUT2D eigenvalue weighted by molar-refractivity contribution is 0.613. The van der Waals surface area contributed by atoms with Crippen molar-refractivity contribution < 1.29 is 4.42 Å². The van der Waals surface area contributed by atoms with E-state index in [4.69, 9.17) is 4.42 Å². The molecule has 2 aromatic rings. The second-order valence-corrected chi connectivity index (χ2v) is 2.95. The van der Waals surface area contributed by atoms with Crippen LogP contribution in [0.1, 0.15) is 5.56 Å². The molecule has 0 aliphatic carbocycles. The lowest BCUT2D eigenvalue weighted by Gasteiger charge is -1.72. The zero-order chi connectivity index (χ0) is 6.27. The molecule has 0 aliphatic heterocycles. The number of rotatable bonds is 0. The van der Waals surface area contributed by atoms with Crippen LogP contribution in [0, 0.1) is 6.92 Å². The molecule has 0 saturated carbocycles. The van der Waals surface area contributed by atoms with Gasteiger partial charge < -0.3 is 4.42 Å². The third-order valence-corrected chi connectivity index (χ3v) is 2.38. The fourth-order valence-electron chi connectivity index (χ4n) is 0.883. The van der Waals surface area contributed by atoms with Crippen molar-refractivity contribution in [2.75, 3.05) is 0 Å². The molecule has 2 aromatic heterocycles. The van der Waals surface area contributed by atoms with E-state index in [-0.39, 0.29) is 0 Å². The fraction of sp³-hybridized carbons (Fsp3) is 0.143. The first-order valence-corrected chi connectivity index (χ1v) is 3.67. The molecule has 0 atom stereocenters. The third kappa shape index (κ3) is 0.598. The van der Waals surface area contributed by atoms with Gasteiger partial charge in [0.15, 0.2) is 0 Å². The summed E-state index contributed by atoms with van der Waals surface area (Å²) in [5, 5.41) is 2.04. The Labute approximate surface area is 56.9 Å². The highest BCUT2D eigenvalue weighted by Crippen LogP contribution is 2.25. The Kier molecular flexibility index (Phi) is 0.904. The van der Waals surface area contributed by atoms with E-state index in [0.29, 0.717) is 0 Å². The molecule has 2 heterocycles. The molecule has 2 rings (SSSR count). The normalized spacial score (nSPS) is 10.8. The van der Waals surface area contributed by atoms with Gasteiger partial charge in [0, 0.05) is 5.56 Å². The topological polar surface area (TPSA) is 13.1 Å². The van der Waals surface area contributed by atoms with Crippen molar-refractivity contribution in [2.45, 2.75) is 6.92 Å². The van der Waals surface area contributed by atoms with Gasteiger partial charge in [0.25, 0.3) is 0 Å². The summed E-state index contributed by atoms with van der Waals surface area (Å²) in [6, 6.07) is 1.99. The van der Waals surface area contributed by atoms with Crippen molar-refractivity contribution in [2.24, 2.45) is 0 Å². The molecule has 1 nitrogen and oxygen atoms in total. The molecule has 0 fully saturated rings. The zero-order valence-corrected chi connectivity index (χ0v) is 5.87. The van der Waals surface area contributed by atoms with Gasteiger partial charge in [-0.3, -0.25) is 0 Å². The first kappa shape index (κ1) is 5.06. The maximum atomic E-state index is 5.20. The van der Waals surface area contributed by atoms with Crippen LogP contribution in [0.5, 0.6) is 0 Å². The molecular weight excluding hydrogens is 132 g/mol. The molecule has 0 spiro atoms. The van der Waals surface area contributed by atoms with Gasteiger partial charge in [-0.2, -0.15) is 0 Å². The lowest BCUT2D eigenvalue weighted by Crippen LogP contribution is -1.53. The maximum absolute atomic E-state index is 5.20. The number of fused-ring (bicyclic) bond motifs is 1. The molecule has 0 saturated heterocycles. The molecule has 9 heavy (non-hydrogen) atoms. The summed E-state index contributed by atoms with van der Waals surface area (Å²) in [7, 11) is 0. The van der Waals surface area contributed by atoms with E-state index in [9.17, 15) is 0 Å². The van der Waals surface area contributed by atoms with Crippen molar-refractivity contribution in [3.8, 4) is 0 Å². The minimum atomic E-state index is 1.01. The number of thiophene rings is 1. The van der Waals surface area contributed by atoms with Crippen LogP contribution in [0.2, 0.25) is 0 Å². The van der Waals surface area contributed by atoms with Gasteiger partial charge in [-0.1, -0.05) is 0 Å². The summed E-state index contributed by atoms with van der Waals surface area (Å²) in [5.41, 5.74) is 2.25. The number of aryl methyl sites for hydroxylation is 1. The van der Waals surface area contributed by atoms with Gasteiger partial charge in [-0.15, -0.1) is 11.3 Å².